The summed E-state index contributed by atoms with van der Waals surface area (Å²) in [5.41, 5.74) is 1.33. The van der Waals surface area contributed by atoms with Gasteiger partial charge >= 0.3 is 0 Å². The SMILES string of the molecule is Cc1ccc(NS(=O)(=O)c2ccc(C#N)nc2)cn1. The lowest BCUT2D eigenvalue weighted by Crippen LogP contribution is -2.13. The Morgan fingerprint density at radius 3 is 2.47 bits per heavy atom. The summed E-state index contributed by atoms with van der Waals surface area (Å²) < 4.78 is 26.4. The molecule has 6 nitrogen and oxygen atoms in total. The number of hydrogen-bond donors (Lipinski definition) is 1. The molecular weight excluding hydrogens is 264 g/mol. The summed E-state index contributed by atoms with van der Waals surface area (Å²) in [6.45, 7) is 1.81. The third-order valence-corrected chi connectivity index (χ3v) is 3.69. The van der Waals surface area contributed by atoms with Gasteiger partial charge in [-0.2, -0.15) is 5.26 Å². The number of aryl methyl sites for hydroxylation is 1. The van der Waals surface area contributed by atoms with Crippen molar-refractivity contribution in [1.29, 1.82) is 5.26 Å². The second-order valence-corrected chi connectivity index (χ2v) is 5.47. The average Bonchev–Trinajstić information content (AvgIpc) is 2.41. The maximum atomic E-state index is 12.0. The van der Waals surface area contributed by atoms with Gasteiger partial charge in [-0.15, -0.1) is 0 Å². The Kier molecular flexibility index (Phi) is 3.44. The van der Waals surface area contributed by atoms with Crippen LogP contribution in [0.4, 0.5) is 5.69 Å². The fraction of sp³-hybridized carbons (Fsp3) is 0.0833. The minimum atomic E-state index is -3.71. The molecule has 0 saturated heterocycles. The standard InChI is InChI=1S/C12H10N4O2S/c1-9-2-3-11(7-14-9)16-19(17,18)12-5-4-10(6-13)15-8-12/h2-5,7-8,16H,1H3. The van der Waals surface area contributed by atoms with Gasteiger partial charge in [-0.3, -0.25) is 9.71 Å². The Morgan fingerprint density at radius 2 is 1.95 bits per heavy atom. The van der Waals surface area contributed by atoms with E-state index in [1.165, 1.54) is 18.3 Å². The van der Waals surface area contributed by atoms with E-state index in [0.717, 1.165) is 11.9 Å². The van der Waals surface area contributed by atoms with E-state index in [0.29, 0.717) is 5.69 Å². The molecule has 7 heteroatoms. The van der Waals surface area contributed by atoms with Gasteiger partial charge in [0.15, 0.2) is 0 Å². The Labute approximate surface area is 110 Å². The second-order valence-electron chi connectivity index (χ2n) is 3.78. The van der Waals surface area contributed by atoms with Gasteiger partial charge in [-0.25, -0.2) is 13.4 Å². The Balaban J connectivity index is 2.27. The van der Waals surface area contributed by atoms with E-state index in [1.807, 2.05) is 13.0 Å². The van der Waals surface area contributed by atoms with Gasteiger partial charge < -0.3 is 0 Å². The largest absolute Gasteiger partial charge is 0.278 e. The Hall–Kier alpha value is -2.46. The number of aromatic nitrogens is 2. The number of anilines is 1. The molecule has 96 valence electrons. The fourth-order valence-corrected chi connectivity index (χ4v) is 2.34. The third-order valence-electron chi connectivity index (χ3n) is 2.32. The molecule has 0 unspecified atom stereocenters. The van der Waals surface area contributed by atoms with Crippen molar-refractivity contribution < 1.29 is 8.42 Å². The zero-order chi connectivity index (χ0) is 13.9. The van der Waals surface area contributed by atoms with Gasteiger partial charge in [0, 0.05) is 11.9 Å². The van der Waals surface area contributed by atoms with E-state index in [4.69, 9.17) is 5.26 Å². The number of nitrogens with one attached hydrogen (secondary N) is 1. The molecule has 0 aliphatic carbocycles. The first-order chi connectivity index (χ1) is 9.01. The molecule has 0 radical (unpaired) electrons. The van der Waals surface area contributed by atoms with Crippen LogP contribution in [0.5, 0.6) is 0 Å². The highest BCUT2D eigenvalue weighted by molar-refractivity contribution is 7.92. The van der Waals surface area contributed by atoms with Crippen LogP contribution in [0.2, 0.25) is 0 Å². The minimum Gasteiger partial charge on any atom is -0.278 e. The van der Waals surface area contributed by atoms with Crippen molar-refractivity contribution in [3.05, 3.63) is 48.0 Å². The van der Waals surface area contributed by atoms with E-state index in [9.17, 15) is 8.42 Å². The van der Waals surface area contributed by atoms with Crippen molar-refractivity contribution in [3.63, 3.8) is 0 Å². The lowest BCUT2D eigenvalue weighted by molar-refractivity contribution is 0.600. The molecule has 19 heavy (non-hydrogen) atoms. The van der Waals surface area contributed by atoms with Crippen LogP contribution in [-0.4, -0.2) is 18.4 Å². The highest BCUT2D eigenvalue weighted by Gasteiger charge is 2.14. The van der Waals surface area contributed by atoms with Gasteiger partial charge in [0.1, 0.15) is 16.7 Å². The predicted octanol–water partition coefficient (Wildman–Crippen LogP) is 1.46. The molecule has 2 rings (SSSR count). The lowest BCUT2D eigenvalue weighted by Gasteiger charge is -2.07. The average molecular weight is 274 g/mol. The van der Waals surface area contributed by atoms with Crippen molar-refractivity contribution >= 4 is 15.7 Å². The number of nitriles is 1. The highest BCUT2D eigenvalue weighted by Crippen LogP contribution is 2.14. The highest BCUT2D eigenvalue weighted by atomic mass is 32.2. The first-order valence-corrected chi connectivity index (χ1v) is 6.81. The van der Waals surface area contributed by atoms with Crippen LogP contribution >= 0.6 is 0 Å². The zero-order valence-corrected chi connectivity index (χ0v) is 10.8. The molecule has 1 N–H and O–H groups in total. The molecule has 0 spiro atoms. The van der Waals surface area contributed by atoms with Crippen LogP contribution in [0, 0.1) is 18.3 Å². The van der Waals surface area contributed by atoms with Crippen LogP contribution in [0.1, 0.15) is 11.4 Å². The second kappa shape index (κ2) is 5.04. The first kappa shape index (κ1) is 13.0. The molecule has 2 aromatic rings. The van der Waals surface area contributed by atoms with Crippen LogP contribution in [-0.2, 0) is 10.0 Å². The van der Waals surface area contributed by atoms with E-state index < -0.39 is 10.0 Å². The monoisotopic (exact) mass is 274 g/mol. The quantitative estimate of drug-likeness (QED) is 0.914. The molecule has 0 fully saturated rings. The van der Waals surface area contributed by atoms with E-state index in [-0.39, 0.29) is 10.6 Å². The van der Waals surface area contributed by atoms with Crippen molar-refractivity contribution in [2.75, 3.05) is 4.72 Å². The molecule has 0 atom stereocenters. The lowest BCUT2D eigenvalue weighted by atomic mass is 10.4. The van der Waals surface area contributed by atoms with Gasteiger partial charge in [0.2, 0.25) is 0 Å². The normalized spacial score (nSPS) is 10.7. The number of nitrogens with zero attached hydrogens (tertiary/aromatic N) is 3. The van der Waals surface area contributed by atoms with Crippen molar-refractivity contribution in [3.8, 4) is 6.07 Å². The summed E-state index contributed by atoms with van der Waals surface area (Å²) in [6, 6.07) is 7.83. The zero-order valence-electron chi connectivity index (χ0n) is 10.0. The molecule has 0 saturated carbocycles. The Morgan fingerprint density at radius 1 is 1.16 bits per heavy atom. The van der Waals surface area contributed by atoms with Crippen LogP contribution in [0.25, 0.3) is 0 Å². The summed E-state index contributed by atoms with van der Waals surface area (Å²) in [7, 11) is -3.71. The van der Waals surface area contributed by atoms with Crippen LogP contribution in [0.15, 0.2) is 41.6 Å². The summed E-state index contributed by atoms with van der Waals surface area (Å²) >= 11 is 0. The minimum absolute atomic E-state index is 0.00734. The number of pyridine rings is 2. The van der Waals surface area contributed by atoms with Crippen LogP contribution < -0.4 is 4.72 Å². The number of sulfonamides is 1. The maximum absolute atomic E-state index is 12.0. The summed E-state index contributed by atoms with van der Waals surface area (Å²) in [5, 5.41) is 8.61. The predicted molar refractivity (Wildman–Crippen MR) is 68.7 cm³/mol. The van der Waals surface area contributed by atoms with E-state index in [1.54, 1.807) is 12.1 Å². The molecule has 0 aliphatic rings. The molecule has 0 bridgehead atoms. The van der Waals surface area contributed by atoms with Crippen molar-refractivity contribution in [2.24, 2.45) is 0 Å². The summed E-state index contributed by atoms with van der Waals surface area (Å²) in [4.78, 5) is 7.71. The van der Waals surface area contributed by atoms with Crippen molar-refractivity contribution in [2.45, 2.75) is 11.8 Å². The maximum Gasteiger partial charge on any atom is 0.263 e. The molecule has 2 heterocycles. The van der Waals surface area contributed by atoms with E-state index in [2.05, 4.69) is 14.7 Å². The molecule has 0 aromatic carbocycles. The summed E-state index contributed by atoms with van der Waals surface area (Å²) in [5.74, 6) is 0. The molecular formula is C12H10N4O2S. The molecule has 2 aromatic heterocycles. The Bertz CT molecular complexity index is 716. The van der Waals surface area contributed by atoms with Gasteiger partial charge in [-0.05, 0) is 31.2 Å². The van der Waals surface area contributed by atoms with Gasteiger partial charge in [0.05, 0.1) is 11.9 Å². The third kappa shape index (κ3) is 3.05. The molecule has 0 amide bonds. The van der Waals surface area contributed by atoms with Crippen molar-refractivity contribution in [1.82, 2.24) is 9.97 Å². The van der Waals surface area contributed by atoms with Crippen LogP contribution in [0.3, 0.4) is 0 Å². The van der Waals surface area contributed by atoms with Gasteiger partial charge in [0.25, 0.3) is 10.0 Å². The topological polar surface area (TPSA) is 95.7 Å². The first-order valence-electron chi connectivity index (χ1n) is 5.33. The molecule has 0 aliphatic heterocycles. The van der Waals surface area contributed by atoms with E-state index >= 15 is 0 Å². The number of hydrogen-bond acceptors (Lipinski definition) is 5. The van der Waals surface area contributed by atoms with Gasteiger partial charge in [-0.1, -0.05) is 0 Å². The smallest absolute Gasteiger partial charge is 0.263 e. The number of rotatable bonds is 3. The fourth-order valence-electron chi connectivity index (χ4n) is 1.35. The summed E-state index contributed by atoms with van der Waals surface area (Å²) in [6.07, 6.45) is 2.58.